The third-order valence-electron chi connectivity index (χ3n) is 2.81. The highest BCUT2D eigenvalue weighted by atomic mass is 79.9. The largest absolute Gasteiger partial charge is 0.355 e. The Morgan fingerprint density at radius 2 is 1.95 bits per heavy atom. The topological polar surface area (TPSA) is 24.9 Å². The maximum atomic E-state index is 13.2. The number of rotatable bonds is 2. The van der Waals surface area contributed by atoms with Crippen LogP contribution in [-0.4, -0.2) is 4.98 Å². The summed E-state index contributed by atoms with van der Waals surface area (Å²) in [6, 6.07) is 14.2. The summed E-state index contributed by atoms with van der Waals surface area (Å²) >= 11 is 3.42. The van der Waals surface area contributed by atoms with Crippen molar-refractivity contribution in [1.29, 1.82) is 0 Å². The van der Waals surface area contributed by atoms with Gasteiger partial charge in [-0.25, -0.2) is 4.39 Å². The van der Waals surface area contributed by atoms with Gasteiger partial charge in [0.25, 0.3) is 0 Å². The fraction of sp³-hybridized carbons (Fsp3) is 0. The second-order valence-electron chi connectivity index (χ2n) is 4.16. The maximum absolute atomic E-state index is 13.2. The van der Waals surface area contributed by atoms with Gasteiger partial charge in [-0.1, -0.05) is 22.0 Å². The van der Waals surface area contributed by atoms with Gasteiger partial charge in [0.05, 0.1) is 5.52 Å². The van der Waals surface area contributed by atoms with Crippen LogP contribution in [0.3, 0.4) is 0 Å². The normalized spacial score (nSPS) is 10.6. The molecule has 0 atom stereocenters. The van der Waals surface area contributed by atoms with Crippen molar-refractivity contribution in [2.75, 3.05) is 5.32 Å². The number of halogens is 2. The first-order valence-corrected chi connectivity index (χ1v) is 6.58. The highest BCUT2D eigenvalue weighted by molar-refractivity contribution is 9.10. The molecule has 0 radical (unpaired) electrons. The lowest BCUT2D eigenvalue weighted by atomic mass is 10.2. The van der Waals surface area contributed by atoms with Crippen molar-refractivity contribution in [3.63, 3.8) is 0 Å². The van der Waals surface area contributed by atoms with Crippen LogP contribution in [0.2, 0.25) is 0 Å². The van der Waals surface area contributed by atoms with Gasteiger partial charge in [0.15, 0.2) is 0 Å². The molecule has 1 N–H and O–H groups in total. The van der Waals surface area contributed by atoms with Gasteiger partial charge >= 0.3 is 0 Å². The van der Waals surface area contributed by atoms with Crippen molar-refractivity contribution in [2.24, 2.45) is 0 Å². The summed E-state index contributed by atoms with van der Waals surface area (Å²) in [6.45, 7) is 0. The van der Waals surface area contributed by atoms with E-state index in [9.17, 15) is 4.39 Å². The quantitative estimate of drug-likeness (QED) is 0.728. The minimum atomic E-state index is -0.258. The minimum absolute atomic E-state index is 0.258. The monoisotopic (exact) mass is 316 g/mol. The molecule has 19 heavy (non-hydrogen) atoms. The van der Waals surface area contributed by atoms with E-state index in [4.69, 9.17) is 0 Å². The van der Waals surface area contributed by atoms with Crippen molar-refractivity contribution in [3.8, 4) is 0 Å². The van der Waals surface area contributed by atoms with Crippen LogP contribution in [0.1, 0.15) is 0 Å². The summed E-state index contributed by atoms with van der Waals surface area (Å²) in [5, 5.41) is 4.21. The lowest BCUT2D eigenvalue weighted by Crippen LogP contribution is -1.93. The van der Waals surface area contributed by atoms with Gasteiger partial charge in [0.1, 0.15) is 5.82 Å². The average molecular weight is 317 g/mol. The molecule has 0 spiro atoms. The van der Waals surface area contributed by atoms with Crippen LogP contribution in [0, 0.1) is 5.82 Å². The lowest BCUT2D eigenvalue weighted by Gasteiger charge is -2.09. The molecular formula is C15H10BrFN2. The predicted octanol–water partition coefficient (Wildman–Crippen LogP) is 4.88. The first kappa shape index (κ1) is 12.1. The Kier molecular flexibility index (Phi) is 3.17. The summed E-state index contributed by atoms with van der Waals surface area (Å²) in [5.74, 6) is -0.258. The summed E-state index contributed by atoms with van der Waals surface area (Å²) < 4.78 is 14.2. The van der Waals surface area contributed by atoms with E-state index in [1.54, 1.807) is 12.3 Å². The van der Waals surface area contributed by atoms with Gasteiger partial charge in [0, 0.05) is 27.4 Å². The number of hydrogen-bond donors (Lipinski definition) is 1. The molecule has 94 valence electrons. The minimum Gasteiger partial charge on any atom is -0.355 e. The van der Waals surface area contributed by atoms with Crippen LogP contribution in [0.5, 0.6) is 0 Å². The molecule has 1 aromatic heterocycles. The van der Waals surface area contributed by atoms with E-state index in [1.165, 1.54) is 12.1 Å². The molecule has 3 aromatic rings. The number of anilines is 2. The summed E-state index contributed by atoms with van der Waals surface area (Å²) in [4.78, 5) is 4.32. The zero-order valence-electron chi connectivity index (χ0n) is 9.90. The molecule has 2 nitrogen and oxygen atoms in total. The number of benzene rings is 2. The van der Waals surface area contributed by atoms with Crippen molar-refractivity contribution in [2.45, 2.75) is 0 Å². The Hall–Kier alpha value is -1.94. The van der Waals surface area contributed by atoms with E-state index in [1.807, 2.05) is 30.3 Å². The third kappa shape index (κ3) is 2.58. The van der Waals surface area contributed by atoms with Gasteiger partial charge < -0.3 is 5.32 Å². The number of nitrogens with one attached hydrogen (secondary N) is 1. The molecule has 0 saturated carbocycles. The van der Waals surface area contributed by atoms with Crippen molar-refractivity contribution in [3.05, 3.63) is 65.0 Å². The van der Waals surface area contributed by atoms with Crippen LogP contribution in [0.15, 0.2) is 59.2 Å². The SMILES string of the molecule is Fc1cccc(Nc2ccnc3cc(Br)ccc23)c1. The number of hydrogen-bond acceptors (Lipinski definition) is 2. The number of pyridine rings is 1. The molecule has 3 rings (SSSR count). The molecule has 1 heterocycles. The van der Waals surface area contributed by atoms with Crippen LogP contribution in [0.25, 0.3) is 10.9 Å². The molecule has 0 aliphatic rings. The Bertz CT molecular complexity index is 743. The van der Waals surface area contributed by atoms with Crippen molar-refractivity contribution < 1.29 is 4.39 Å². The first-order valence-electron chi connectivity index (χ1n) is 5.79. The molecule has 0 saturated heterocycles. The fourth-order valence-electron chi connectivity index (χ4n) is 1.95. The fourth-order valence-corrected chi connectivity index (χ4v) is 2.30. The van der Waals surface area contributed by atoms with Gasteiger partial charge in [-0.2, -0.15) is 0 Å². The molecule has 4 heteroatoms. The van der Waals surface area contributed by atoms with Crippen LogP contribution in [0.4, 0.5) is 15.8 Å². The van der Waals surface area contributed by atoms with Gasteiger partial charge in [-0.05, 0) is 42.5 Å². The highest BCUT2D eigenvalue weighted by Crippen LogP contribution is 2.27. The molecule has 0 fully saturated rings. The average Bonchev–Trinajstić information content (AvgIpc) is 2.38. The van der Waals surface area contributed by atoms with E-state index in [0.717, 1.165) is 26.8 Å². The van der Waals surface area contributed by atoms with Crippen LogP contribution in [-0.2, 0) is 0 Å². The second-order valence-corrected chi connectivity index (χ2v) is 5.07. The van der Waals surface area contributed by atoms with Gasteiger partial charge in [-0.3, -0.25) is 4.98 Å². The molecule has 0 aliphatic heterocycles. The van der Waals surface area contributed by atoms with E-state index < -0.39 is 0 Å². The van der Waals surface area contributed by atoms with Gasteiger partial charge in [0.2, 0.25) is 0 Å². The summed E-state index contributed by atoms with van der Waals surface area (Å²) in [6.07, 6.45) is 1.73. The van der Waals surface area contributed by atoms with E-state index in [-0.39, 0.29) is 5.82 Å². The van der Waals surface area contributed by atoms with E-state index in [2.05, 4.69) is 26.2 Å². The molecular weight excluding hydrogens is 307 g/mol. The summed E-state index contributed by atoms with van der Waals surface area (Å²) in [7, 11) is 0. The predicted molar refractivity (Wildman–Crippen MR) is 79.1 cm³/mol. The third-order valence-corrected chi connectivity index (χ3v) is 3.30. The van der Waals surface area contributed by atoms with E-state index in [0.29, 0.717) is 0 Å². The smallest absolute Gasteiger partial charge is 0.125 e. The Balaban J connectivity index is 2.06. The first-order chi connectivity index (χ1) is 9.22. The van der Waals surface area contributed by atoms with Gasteiger partial charge in [-0.15, -0.1) is 0 Å². The Morgan fingerprint density at radius 3 is 2.79 bits per heavy atom. The Morgan fingerprint density at radius 1 is 1.05 bits per heavy atom. The number of fused-ring (bicyclic) bond motifs is 1. The molecule has 2 aromatic carbocycles. The zero-order chi connectivity index (χ0) is 13.2. The second kappa shape index (κ2) is 4.97. The lowest BCUT2D eigenvalue weighted by molar-refractivity contribution is 0.628. The number of aromatic nitrogens is 1. The van der Waals surface area contributed by atoms with E-state index >= 15 is 0 Å². The maximum Gasteiger partial charge on any atom is 0.125 e. The molecule has 0 unspecified atom stereocenters. The van der Waals surface area contributed by atoms with Crippen LogP contribution >= 0.6 is 15.9 Å². The van der Waals surface area contributed by atoms with Crippen molar-refractivity contribution in [1.82, 2.24) is 4.98 Å². The Labute approximate surface area is 118 Å². The summed E-state index contributed by atoms with van der Waals surface area (Å²) in [5.41, 5.74) is 2.51. The molecule has 0 bridgehead atoms. The number of nitrogens with zero attached hydrogens (tertiary/aromatic N) is 1. The highest BCUT2D eigenvalue weighted by Gasteiger charge is 2.03. The zero-order valence-corrected chi connectivity index (χ0v) is 11.5. The standard InChI is InChI=1S/C15H10BrFN2/c16-10-4-5-13-14(6-7-18-15(13)8-10)19-12-3-1-2-11(17)9-12/h1-9H,(H,18,19). The molecule has 0 amide bonds. The van der Waals surface area contributed by atoms with Crippen molar-refractivity contribution >= 4 is 38.2 Å². The molecule has 0 aliphatic carbocycles. The van der Waals surface area contributed by atoms with Crippen LogP contribution < -0.4 is 5.32 Å².